The fraction of sp³-hybridized carbons (Fsp3) is 0.647. The second-order valence-corrected chi connectivity index (χ2v) is 7.96. The maximum atomic E-state index is 11.7. The van der Waals surface area contributed by atoms with E-state index >= 15 is 0 Å². The highest BCUT2D eigenvalue weighted by atomic mass is 32.2. The van der Waals surface area contributed by atoms with Crippen molar-refractivity contribution >= 4 is 15.7 Å². The van der Waals surface area contributed by atoms with Crippen molar-refractivity contribution in [1.29, 1.82) is 0 Å². The molecule has 1 saturated heterocycles. The van der Waals surface area contributed by atoms with E-state index in [4.69, 9.17) is 0 Å². The van der Waals surface area contributed by atoms with Gasteiger partial charge in [0.15, 0.2) is 0 Å². The van der Waals surface area contributed by atoms with Gasteiger partial charge in [-0.2, -0.15) is 0 Å². The number of hydrogen-bond donors (Lipinski definition) is 1. The van der Waals surface area contributed by atoms with Crippen LogP contribution in [0.5, 0.6) is 0 Å². The molecule has 22 heavy (non-hydrogen) atoms. The smallest absolute Gasteiger partial charge is 0.211 e. The molecule has 0 aliphatic carbocycles. The van der Waals surface area contributed by atoms with Gasteiger partial charge in [-0.05, 0) is 49.8 Å². The Balaban J connectivity index is 1.79. The second-order valence-electron chi connectivity index (χ2n) is 6.03. The molecule has 0 bridgehead atoms. The summed E-state index contributed by atoms with van der Waals surface area (Å²) in [7, 11) is -3.10. The van der Waals surface area contributed by atoms with Crippen LogP contribution < -0.4 is 9.62 Å². The average Bonchev–Trinajstić information content (AvgIpc) is 2.54. The van der Waals surface area contributed by atoms with E-state index < -0.39 is 10.0 Å². The van der Waals surface area contributed by atoms with E-state index in [-0.39, 0.29) is 5.75 Å². The predicted octanol–water partition coefficient (Wildman–Crippen LogP) is 2.94. The molecule has 0 aromatic heterocycles. The Labute approximate surface area is 135 Å². The summed E-state index contributed by atoms with van der Waals surface area (Å²) < 4.78 is 26.1. The summed E-state index contributed by atoms with van der Waals surface area (Å²) in [5, 5.41) is 0. The normalized spacial score (nSPS) is 16.0. The van der Waals surface area contributed by atoms with E-state index in [1.807, 2.05) is 6.92 Å². The van der Waals surface area contributed by atoms with Crippen LogP contribution in [0.15, 0.2) is 24.3 Å². The van der Waals surface area contributed by atoms with Crippen molar-refractivity contribution in [3.05, 3.63) is 29.8 Å². The first-order valence-corrected chi connectivity index (χ1v) is 10.1. The van der Waals surface area contributed by atoms with Crippen molar-refractivity contribution in [2.75, 3.05) is 30.3 Å². The maximum Gasteiger partial charge on any atom is 0.211 e. The molecule has 0 amide bonds. The van der Waals surface area contributed by atoms with Gasteiger partial charge in [0, 0.05) is 25.3 Å². The highest BCUT2D eigenvalue weighted by molar-refractivity contribution is 7.89. The van der Waals surface area contributed by atoms with Crippen LogP contribution in [0.1, 0.15) is 44.6 Å². The Morgan fingerprint density at radius 1 is 1.09 bits per heavy atom. The van der Waals surface area contributed by atoms with Gasteiger partial charge in [-0.15, -0.1) is 0 Å². The Hall–Kier alpha value is -1.07. The highest BCUT2D eigenvalue weighted by Crippen LogP contribution is 2.20. The predicted molar refractivity (Wildman–Crippen MR) is 92.9 cm³/mol. The van der Waals surface area contributed by atoms with Gasteiger partial charge >= 0.3 is 0 Å². The van der Waals surface area contributed by atoms with Crippen LogP contribution >= 0.6 is 0 Å². The molecule has 2 rings (SSSR count). The number of nitrogens with one attached hydrogen (secondary N) is 1. The maximum absolute atomic E-state index is 11.7. The third-order valence-corrected chi connectivity index (χ3v) is 5.63. The summed E-state index contributed by atoms with van der Waals surface area (Å²) in [4.78, 5) is 2.43. The molecular weight excluding hydrogens is 296 g/mol. The molecule has 5 heteroatoms. The van der Waals surface area contributed by atoms with Crippen molar-refractivity contribution in [3.8, 4) is 0 Å². The second kappa shape index (κ2) is 8.53. The molecule has 4 nitrogen and oxygen atoms in total. The summed E-state index contributed by atoms with van der Waals surface area (Å²) >= 11 is 0. The van der Waals surface area contributed by atoms with Crippen molar-refractivity contribution in [2.45, 2.75) is 45.4 Å². The van der Waals surface area contributed by atoms with E-state index in [1.54, 1.807) is 0 Å². The van der Waals surface area contributed by atoms with E-state index in [2.05, 4.69) is 33.9 Å². The summed E-state index contributed by atoms with van der Waals surface area (Å²) in [6.07, 6.45) is 6.26. The Morgan fingerprint density at radius 3 is 2.41 bits per heavy atom. The molecular formula is C17H28N2O2S. The lowest BCUT2D eigenvalue weighted by atomic mass is 10.1. The molecule has 0 radical (unpaired) electrons. The molecule has 0 atom stereocenters. The van der Waals surface area contributed by atoms with E-state index in [0.717, 1.165) is 32.4 Å². The molecule has 1 fully saturated rings. The van der Waals surface area contributed by atoms with E-state index in [0.29, 0.717) is 6.54 Å². The van der Waals surface area contributed by atoms with Crippen molar-refractivity contribution in [2.24, 2.45) is 0 Å². The third-order valence-electron chi connectivity index (χ3n) is 4.16. The number of hydrogen-bond acceptors (Lipinski definition) is 3. The molecule has 124 valence electrons. The molecule has 1 aromatic carbocycles. The Morgan fingerprint density at radius 2 is 1.77 bits per heavy atom. The zero-order chi connectivity index (χ0) is 15.8. The van der Waals surface area contributed by atoms with Crippen LogP contribution in [0.3, 0.4) is 0 Å². The number of nitrogens with zero attached hydrogens (tertiary/aromatic N) is 1. The van der Waals surface area contributed by atoms with Gasteiger partial charge in [0.05, 0.1) is 5.75 Å². The first-order chi connectivity index (χ1) is 10.6. The Kier molecular flexibility index (Phi) is 6.70. The third kappa shape index (κ3) is 5.61. The van der Waals surface area contributed by atoms with Gasteiger partial charge in [0.2, 0.25) is 10.0 Å². The molecule has 1 aliphatic heterocycles. The van der Waals surface area contributed by atoms with Crippen LogP contribution in [-0.2, 0) is 16.4 Å². The lowest BCUT2D eigenvalue weighted by Gasteiger charge is -2.28. The van der Waals surface area contributed by atoms with Crippen molar-refractivity contribution in [3.63, 3.8) is 0 Å². The number of benzene rings is 1. The zero-order valence-corrected chi connectivity index (χ0v) is 14.4. The topological polar surface area (TPSA) is 49.4 Å². The average molecular weight is 324 g/mol. The SMILES string of the molecule is CCCCS(=O)(=O)NCCc1ccc(N2CCCCC2)cc1. The van der Waals surface area contributed by atoms with Gasteiger partial charge in [-0.3, -0.25) is 0 Å². The van der Waals surface area contributed by atoms with Crippen LogP contribution in [0.25, 0.3) is 0 Å². The quantitative estimate of drug-likeness (QED) is 0.800. The Bertz CT molecular complexity index is 534. The van der Waals surface area contributed by atoms with E-state index in [9.17, 15) is 8.42 Å². The summed E-state index contributed by atoms with van der Waals surface area (Å²) in [5.41, 5.74) is 2.46. The number of rotatable bonds is 8. The van der Waals surface area contributed by atoms with Crippen molar-refractivity contribution in [1.82, 2.24) is 4.72 Å². The number of sulfonamides is 1. The van der Waals surface area contributed by atoms with Gasteiger partial charge < -0.3 is 4.90 Å². The largest absolute Gasteiger partial charge is 0.372 e. The monoisotopic (exact) mass is 324 g/mol. The van der Waals surface area contributed by atoms with Gasteiger partial charge in [0.1, 0.15) is 0 Å². The van der Waals surface area contributed by atoms with E-state index in [1.165, 1.54) is 30.5 Å². The fourth-order valence-corrected chi connectivity index (χ4v) is 4.01. The molecule has 0 unspecified atom stereocenters. The molecule has 0 saturated carbocycles. The minimum absolute atomic E-state index is 0.234. The first kappa shape index (κ1) is 17.3. The lowest BCUT2D eigenvalue weighted by molar-refractivity contribution is 0.577. The summed E-state index contributed by atoms with van der Waals surface area (Å²) in [6.45, 7) is 4.78. The van der Waals surface area contributed by atoms with Gasteiger partial charge in [0.25, 0.3) is 0 Å². The summed E-state index contributed by atoms with van der Waals surface area (Å²) in [5.74, 6) is 0.234. The van der Waals surface area contributed by atoms with Gasteiger partial charge in [-0.1, -0.05) is 25.5 Å². The first-order valence-electron chi connectivity index (χ1n) is 8.42. The molecule has 1 aliphatic rings. The highest BCUT2D eigenvalue weighted by Gasteiger charge is 2.11. The van der Waals surface area contributed by atoms with Crippen LogP contribution in [-0.4, -0.2) is 33.8 Å². The van der Waals surface area contributed by atoms with Crippen LogP contribution in [0.2, 0.25) is 0 Å². The van der Waals surface area contributed by atoms with Crippen LogP contribution in [0, 0.1) is 0 Å². The molecule has 1 heterocycles. The minimum atomic E-state index is -3.10. The van der Waals surface area contributed by atoms with Crippen LogP contribution in [0.4, 0.5) is 5.69 Å². The number of piperidine rings is 1. The summed E-state index contributed by atoms with van der Waals surface area (Å²) in [6, 6.07) is 8.55. The standard InChI is InChI=1S/C17H28N2O2S/c1-2-3-15-22(20,21)18-12-11-16-7-9-17(10-8-16)19-13-5-4-6-14-19/h7-10,18H,2-6,11-15H2,1H3. The number of unbranched alkanes of at least 4 members (excludes halogenated alkanes) is 1. The van der Waals surface area contributed by atoms with Gasteiger partial charge in [-0.25, -0.2) is 13.1 Å². The minimum Gasteiger partial charge on any atom is -0.372 e. The number of anilines is 1. The zero-order valence-electron chi connectivity index (χ0n) is 13.6. The molecule has 1 aromatic rings. The molecule has 1 N–H and O–H groups in total. The van der Waals surface area contributed by atoms with Crippen molar-refractivity contribution < 1.29 is 8.42 Å². The molecule has 0 spiro atoms. The fourth-order valence-electron chi connectivity index (χ4n) is 2.78. The lowest BCUT2D eigenvalue weighted by Crippen LogP contribution is -2.29.